The molecule has 2 rings (SSSR count). The van der Waals surface area contributed by atoms with Crippen molar-refractivity contribution in [3.63, 3.8) is 0 Å². The maximum atomic E-state index is 9.82. The maximum absolute atomic E-state index is 9.82. The van der Waals surface area contributed by atoms with Gasteiger partial charge in [-0.3, -0.25) is 4.68 Å². The zero-order valence-electron chi connectivity index (χ0n) is 7.38. The van der Waals surface area contributed by atoms with E-state index in [0.29, 0.717) is 15.9 Å². The number of furan rings is 1. The van der Waals surface area contributed by atoms with E-state index in [-0.39, 0.29) is 0 Å². The Morgan fingerprint density at radius 2 is 2.43 bits per heavy atom. The molecular formula is C8H8BrN3O2. The van der Waals surface area contributed by atoms with Gasteiger partial charge in [0.25, 0.3) is 0 Å². The number of aromatic nitrogens is 3. The van der Waals surface area contributed by atoms with Crippen LogP contribution < -0.4 is 0 Å². The summed E-state index contributed by atoms with van der Waals surface area (Å²) < 4.78 is 7.13. The third kappa shape index (κ3) is 1.71. The average Bonchev–Trinajstić information content (AvgIpc) is 2.73. The van der Waals surface area contributed by atoms with Crippen molar-refractivity contribution >= 4 is 15.9 Å². The van der Waals surface area contributed by atoms with E-state index in [1.807, 2.05) is 0 Å². The summed E-state index contributed by atoms with van der Waals surface area (Å²) in [5.74, 6) is 0. The average molecular weight is 258 g/mol. The van der Waals surface area contributed by atoms with Gasteiger partial charge in [-0.2, -0.15) is 0 Å². The van der Waals surface area contributed by atoms with E-state index < -0.39 is 6.10 Å². The Labute approximate surface area is 88.5 Å². The van der Waals surface area contributed by atoms with Crippen LogP contribution in [0.2, 0.25) is 0 Å². The number of aryl methyl sites for hydroxylation is 1. The van der Waals surface area contributed by atoms with Gasteiger partial charge in [0, 0.05) is 12.6 Å². The normalized spacial score (nSPS) is 13.1. The molecule has 0 aromatic carbocycles. The molecule has 0 radical (unpaired) electrons. The molecule has 0 aliphatic carbocycles. The molecule has 2 aromatic rings. The number of hydrogen-bond donors (Lipinski definition) is 1. The lowest BCUT2D eigenvalue weighted by Gasteiger charge is -2.01. The van der Waals surface area contributed by atoms with Gasteiger partial charge in [0.05, 0.1) is 12.5 Å². The van der Waals surface area contributed by atoms with Gasteiger partial charge in [-0.15, -0.1) is 5.10 Å². The Morgan fingerprint density at radius 3 is 2.93 bits per heavy atom. The third-order valence-electron chi connectivity index (χ3n) is 1.80. The second-order valence-electron chi connectivity index (χ2n) is 2.90. The minimum atomic E-state index is -0.793. The summed E-state index contributed by atoms with van der Waals surface area (Å²) >= 11 is 3.16. The summed E-state index contributed by atoms with van der Waals surface area (Å²) in [6.07, 6.45) is 2.34. The molecule has 0 saturated heterocycles. The van der Waals surface area contributed by atoms with Gasteiger partial charge >= 0.3 is 0 Å². The molecule has 0 bridgehead atoms. The monoisotopic (exact) mass is 257 g/mol. The van der Waals surface area contributed by atoms with Crippen LogP contribution >= 0.6 is 15.9 Å². The Kier molecular flexibility index (Phi) is 2.39. The van der Waals surface area contributed by atoms with Crippen molar-refractivity contribution < 1.29 is 9.52 Å². The molecule has 74 valence electrons. The molecule has 2 heterocycles. The van der Waals surface area contributed by atoms with Crippen molar-refractivity contribution in [2.24, 2.45) is 7.05 Å². The van der Waals surface area contributed by atoms with Crippen LogP contribution in [0.4, 0.5) is 0 Å². The van der Waals surface area contributed by atoms with E-state index in [4.69, 9.17) is 4.42 Å². The predicted molar refractivity (Wildman–Crippen MR) is 51.5 cm³/mol. The number of nitrogens with zero attached hydrogens (tertiary/aromatic N) is 3. The molecule has 14 heavy (non-hydrogen) atoms. The highest BCUT2D eigenvalue weighted by Crippen LogP contribution is 2.24. The first-order chi connectivity index (χ1) is 6.66. The predicted octanol–water partition coefficient (Wildman–Crippen LogP) is 1.25. The topological polar surface area (TPSA) is 64.1 Å². The van der Waals surface area contributed by atoms with Gasteiger partial charge in [-0.05, 0) is 22.0 Å². The van der Waals surface area contributed by atoms with Crippen LogP contribution in [0.25, 0.3) is 0 Å². The Morgan fingerprint density at radius 1 is 1.64 bits per heavy atom. The molecule has 0 saturated carbocycles. The molecule has 0 aliphatic heterocycles. The lowest BCUT2D eigenvalue weighted by molar-refractivity contribution is 0.214. The van der Waals surface area contributed by atoms with Crippen molar-refractivity contribution in [1.29, 1.82) is 0 Å². The highest BCUT2D eigenvalue weighted by molar-refractivity contribution is 9.10. The number of aliphatic hydroxyl groups excluding tert-OH is 1. The number of hydrogen-bond acceptors (Lipinski definition) is 4. The van der Waals surface area contributed by atoms with Crippen molar-refractivity contribution in [3.05, 3.63) is 34.5 Å². The largest absolute Gasteiger partial charge is 0.457 e. The van der Waals surface area contributed by atoms with Gasteiger partial charge in [-0.1, -0.05) is 5.21 Å². The molecule has 6 heteroatoms. The van der Waals surface area contributed by atoms with Crippen molar-refractivity contribution in [2.45, 2.75) is 6.10 Å². The van der Waals surface area contributed by atoms with Crippen LogP contribution in [0.1, 0.15) is 17.4 Å². The lowest BCUT2D eigenvalue weighted by Crippen LogP contribution is -1.98. The summed E-state index contributed by atoms with van der Waals surface area (Å²) in [5, 5.41) is 17.4. The van der Waals surface area contributed by atoms with E-state index in [1.165, 1.54) is 10.9 Å². The van der Waals surface area contributed by atoms with Crippen molar-refractivity contribution in [2.75, 3.05) is 0 Å². The fourth-order valence-corrected chi connectivity index (χ4v) is 1.49. The third-order valence-corrected chi connectivity index (χ3v) is 2.22. The Hall–Kier alpha value is -1.14. The molecule has 0 spiro atoms. The molecule has 2 aromatic heterocycles. The number of aliphatic hydroxyl groups is 1. The van der Waals surface area contributed by atoms with E-state index >= 15 is 0 Å². The van der Waals surface area contributed by atoms with Gasteiger partial charge in [0.15, 0.2) is 4.67 Å². The molecule has 1 atom stereocenters. The number of rotatable bonds is 2. The maximum Gasteiger partial charge on any atom is 0.169 e. The number of halogens is 1. The van der Waals surface area contributed by atoms with E-state index in [2.05, 4.69) is 26.2 Å². The zero-order valence-corrected chi connectivity index (χ0v) is 8.97. The first-order valence-electron chi connectivity index (χ1n) is 3.95. The van der Waals surface area contributed by atoms with Crippen LogP contribution in [0.3, 0.4) is 0 Å². The second-order valence-corrected chi connectivity index (χ2v) is 3.69. The van der Waals surface area contributed by atoms with E-state index in [9.17, 15) is 5.11 Å². The molecule has 0 aliphatic rings. The van der Waals surface area contributed by atoms with Crippen LogP contribution in [0.15, 0.2) is 27.6 Å². The Bertz CT molecular complexity index is 397. The summed E-state index contributed by atoms with van der Waals surface area (Å²) in [6, 6.07) is 1.69. The first-order valence-corrected chi connectivity index (χ1v) is 4.74. The molecule has 0 fully saturated rings. The van der Waals surface area contributed by atoms with Crippen molar-refractivity contribution in [1.82, 2.24) is 15.0 Å². The fourth-order valence-electron chi connectivity index (χ4n) is 1.13. The fraction of sp³-hybridized carbons (Fsp3) is 0.250. The molecular weight excluding hydrogens is 250 g/mol. The van der Waals surface area contributed by atoms with Gasteiger partial charge in [0.2, 0.25) is 0 Å². The molecule has 5 nitrogen and oxygen atoms in total. The van der Waals surface area contributed by atoms with Gasteiger partial charge in [0.1, 0.15) is 11.8 Å². The molecule has 0 amide bonds. The standard InChI is InChI=1S/C8H8BrN3O2/c1-12-3-6(10-11-12)8(13)5-2-7(9)14-4-5/h2-4,8,13H,1H3. The first kappa shape index (κ1) is 9.42. The minimum absolute atomic E-state index is 0.501. The van der Waals surface area contributed by atoms with Crippen LogP contribution in [-0.4, -0.2) is 20.1 Å². The smallest absolute Gasteiger partial charge is 0.169 e. The highest BCUT2D eigenvalue weighted by Gasteiger charge is 2.15. The van der Waals surface area contributed by atoms with Crippen LogP contribution in [0.5, 0.6) is 0 Å². The summed E-state index contributed by atoms with van der Waals surface area (Å²) in [5.41, 5.74) is 1.15. The quantitative estimate of drug-likeness (QED) is 0.880. The molecule has 1 unspecified atom stereocenters. The van der Waals surface area contributed by atoms with Gasteiger partial charge < -0.3 is 9.52 Å². The Balaban J connectivity index is 2.28. The SMILES string of the molecule is Cn1cc(C(O)c2coc(Br)c2)nn1. The lowest BCUT2D eigenvalue weighted by atomic mass is 10.1. The minimum Gasteiger partial charge on any atom is -0.457 e. The zero-order chi connectivity index (χ0) is 10.1. The summed E-state index contributed by atoms with van der Waals surface area (Å²) in [7, 11) is 1.74. The summed E-state index contributed by atoms with van der Waals surface area (Å²) in [6.45, 7) is 0. The van der Waals surface area contributed by atoms with Gasteiger partial charge in [-0.25, -0.2) is 0 Å². The second kappa shape index (κ2) is 3.55. The van der Waals surface area contributed by atoms with Crippen molar-refractivity contribution in [3.8, 4) is 0 Å². The molecule has 1 N–H and O–H groups in total. The van der Waals surface area contributed by atoms with E-state index in [1.54, 1.807) is 19.3 Å². The summed E-state index contributed by atoms with van der Waals surface area (Å²) in [4.78, 5) is 0. The van der Waals surface area contributed by atoms with Crippen LogP contribution in [-0.2, 0) is 7.05 Å². The van der Waals surface area contributed by atoms with E-state index in [0.717, 1.165) is 0 Å². The van der Waals surface area contributed by atoms with Crippen LogP contribution in [0, 0.1) is 0 Å². The highest BCUT2D eigenvalue weighted by atomic mass is 79.9.